The molecule has 554 valence electrons. The van der Waals surface area contributed by atoms with Crippen molar-refractivity contribution in [2.24, 2.45) is 0 Å². The lowest BCUT2D eigenvalue weighted by molar-refractivity contribution is -0.161. The van der Waals surface area contributed by atoms with Gasteiger partial charge in [0.1, 0.15) is 19.3 Å². The van der Waals surface area contributed by atoms with Crippen LogP contribution < -0.4 is 0 Å². The highest BCUT2D eigenvalue weighted by molar-refractivity contribution is 7.47. The summed E-state index contributed by atoms with van der Waals surface area (Å²) >= 11 is 0. The molecule has 0 aromatic rings. The molecule has 3 N–H and O–H groups in total. The fraction of sp³-hybridized carbons (Fsp3) is 0.740. The fourth-order valence-corrected chi connectivity index (χ4v) is 11.5. The van der Waals surface area contributed by atoms with Crippen LogP contribution in [0.4, 0.5) is 0 Å². The Morgan fingerprint density at radius 3 is 0.875 bits per heavy atom. The Morgan fingerprint density at radius 2 is 0.562 bits per heavy atom. The maximum atomic E-state index is 13.1. The Balaban J connectivity index is 5.34. The summed E-state index contributed by atoms with van der Waals surface area (Å²) in [5.41, 5.74) is 0. The Labute approximate surface area is 582 Å². The highest BCUT2D eigenvalue weighted by atomic mass is 31.2. The Bertz CT molecular complexity index is 2200. The van der Waals surface area contributed by atoms with Gasteiger partial charge in [-0.15, -0.1) is 0 Å². The van der Waals surface area contributed by atoms with Crippen molar-refractivity contribution in [2.45, 2.75) is 329 Å². The highest BCUT2D eigenvalue weighted by Gasteiger charge is 2.30. The van der Waals surface area contributed by atoms with E-state index in [2.05, 4.69) is 125 Å². The molecule has 0 aliphatic rings. The molecule has 0 bridgehead atoms. The third-order valence-corrected chi connectivity index (χ3v) is 17.4. The van der Waals surface area contributed by atoms with Crippen molar-refractivity contribution in [3.63, 3.8) is 0 Å². The molecule has 0 aliphatic carbocycles. The molecule has 0 saturated heterocycles. The smallest absolute Gasteiger partial charge is 0.462 e. The van der Waals surface area contributed by atoms with Gasteiger partial charge in [0.25, 0.3) is 0 Å². The van der Waals surface area contributed by atoms with Crippen LogP contribution in [0, 0.1) is 0 Å². The number of aliphatic hydroxyl groups is 1. The molecule has 0 amide bonds. The van der Waals surface area contributed by atoms with Crippen molar-refractivity contribution in [2.75, 3.05) is 39.6 Å². The number of phosphoric ester groups is 2. The summed E-state index contributed by atoms with van der Waals surface area (Å²) in [6.45, 7) is 4.55. The number of phosphoric acid groups is 2. The summed E-state index contributed by atoms with van der Waals surface area (Å²) in [6, 6.07) is 0. The van der Waals surface area contributed by atoms with E-state index in [0.717, 1.165) is 193 Å². The number of hydrogen-bond acceptors (Lipinski definition) is 15. The first-order valence-electron chi connectivity index (χ1n) is 37.5. The van der Waals surface area contributed by atoms with E-state index < -0.39 is 97.5 Å². The second kappa shape index (κ2) is 69.5. The summed E-state index contributed by atoms with van der Waals surface area (Å²) in [6.07, 6.45) is 71.2. The number of hydrogen-bond donors (Lipinski definition) is 3. The molecular formula is C77H134O17P2. The molecule has 0 radical (unpaired) electrons. The number of esters is 4. The normalized spacial score (nSPS) is 14.5. The lowest BCUT2D eigenvalue weighted by Gasteiger charge is -2.21. The zero-order valence-corrected chi connectivity index (χ0v) is 62.1. The van der Waals surface area contributed by atoms with E-state index in [0.29, 0.717) is 25.7 Å². The minimum atomic E-state index is -4.98. The van der Waals surface area contributed by atoms with E-state index in [1.54, 1.807) is 0 Å². The number of rotatable bonds is 70. The molecule has 0 aromatic carbocycles. The highest BCUT2D eigenvalue weighted by Crippen LogP contribution is 2.45. The van der Waals surface area contributed by atoms with E-state index in [1.165, 1.54) is 38.5 Å². The largest absolute Gasteiger partial charge is 0.472 e. The first kappa shape index (κ1) is 92.0. The molecule has 0 rings (SSSR count). The number of carbonyl (C=O) groups excluding carboxylic acids is 4. The number of aliphatic hydroxyl groups excluding tert-OH is 1. The van der Waals surface area contributed by atoms with Crippen LogP contribution in [0.15, 0.2) is 97.2 Å². The second-order valence-electron chi connectivity index (χ2n) is 24.8. The zero-order chi connectivity index (χ0) is 70.4. The van der Waals surface area contributed by atoms with Gasteiger partial charge in [-0.05, 0) is 116 Å². The maximum Gasteiger partial charge on any atom is 0.472 e. The summed E-state index contributed by atoms with van der Waals surface area (Å²) in [7, 11) is -9.95. The molecule has 96 heavy (non-hydrogen) atoms. The van der Waals surface area contributed by atoms with Crippen molar-refractivity contribution in [1.29, 1.82) is 0 Å². The molecule has 17 nitrogen and oxygen atoms in total. The van der Waals surface area contributed by atoms with E-state index in [-0.39, 0.29) is 25.7 Å². The number of carbonyl (C=O) groups is 4. The van der Waals surface area contributed by atoms with Gasteiger partial charge in [-0.1, -0.05) is 266 Å². The molecule has 0 heterocycles. The van der Waals surface area contributed by atoms with Gasteiger partial charge in [-0.25, -0.2) is 9.13 Å². The molecule has 5 atom stereocenters. The zero-order valence-electron chi connectivity index (χ0n) is 60.3. The van der Waals surface area contributed by atoms with Crippen LogP contribution in [0.5, 0.6) is 0 Å². The first-order chi connectivity index (χ1) is 46.7. The van der Waals surface area contributed by atoms with Crippen LogP contribution >= 0.6 is 15.6 Å². The van der Waals surface area contributed by atoms with Crippen molar-refractivity contribution in [1.82, 2.24) is 0 Å². The Hall–Kier alpha value is -4.02. The minimum Gasteiger partial charge on any atom is -0.462 e. The Kier molecular flexibility index (Phi) is 66.6. The number of ether oxygens (including phenoxy) is 4. The van der Waals surface area contributed by atoms with Crippen molar-refractivity contribution < 1.29 is 80.2 Å². The maximum absolute atomic E-state index is 13.1. The van der Waals surface area contributed by atoms with E-state index in [1.807, 2.05) is 0 Å². The third kappa shape index (κ3) is 68.5. The monoisotopic (exact) mass is 1390 g/mol. The molecule has 0 spiro atoms. The summed E-state index contributed by atoms with van der Waals surface area (Å²) in [4.78, 5) is 72.7. The molecule has 0 aliphatic heterocycles. The van der Waals surface area contributed by atoms with Gasteiger partial charge in [0.15, 0.2) is 12.2 Å². The fourth-order valence-electron chi connectivity index (χ4n) is 9.87. The standard InChI is InChI=1S/C77H134O17P2/c1-5-9-13-17-21-25-29-32-34-35-37-39-43-46-50-54-58-62-75(80)88-68-73(94-77(82)64-60-56-52-48-44-40-36-33-30-26-22-18-14-10-6-2)70-92-96(85,86)90-66-71(78)65-89-95(83,84)91-69-72(93-76(81)63-59-55-51-47-41-28-24-20-16-12-8-4)67-87-74(79)61-57-53-49-45-42-38-31-27-23-19-15-11-7-3/h9-10,13-15,19,21-22,25-27,31-34,36,71-73,78H,5-8,11-12,16-18,20,23-24,28-30,35,37-70H2,1-4H3,(H,83,84)(H,85,86)/b13-9-,14-10-,19-15-,25-21-,26-22-,31-27-,34-32-,36-33-. The van der Waals surface area contributed by atoms with Crippen LogP contribution in [0.2, 0.25) is 0 Å². The SMILES string of the molecule is CC/C=C\C/C=C\C/C=C\CCCCCCCCCC(=O)OCC(COP(=O)(O)OCC(O)COP(=O)(O)OCC(COC(=O)CCCCCCC/C=C\C/C=C\CCC)OC(=O)CCCCCCCCCCCCC)OC(=O)CCCCCCC/C=C\C/C=C\C/C=C\CC. The molecule has 0 fully saturated rings. The first-order valence-corrected chi connectivity index (χ1v) is 40.5. The molecule has 0 aromatic heterocycles. The van der Waals surface area contributed by atoms with Gasteiger partial charge in [-0.2, -0.15) is 0 Å². The Morgan fingerprint density at radius 1 is 0.302 bits per heavy atom. The van der Waals surface area contributed by atoms with Crippen LogP contribution in [0.1, 0.15) is 310 Å². The lowest BCUT2D eigenvalue weighted by atomic mass is 10.1. The lowest BCUT2D eigenvalue weighted by Crippen LogP contribution is -2.30. The average Bonchev–Trinajstić information content (AvgIpc) is 2.18. The van der Waals surface area contributed by atoms with Crippen molar-refractivity contribution in [3.8, 4) is 0 Å². The van der Waals surface area contributed by atoms with Crippen molar-refractivity contribution in [3.05, 3.63) is 97.2 Å². The predicted octanol–water partition coefficient (Wildman–Crippen LogP) is 21.2. The molecular weight excluding hydrogens is 1260 g/mol. The van der Waals surface area contributed by atoms with E-state index in [4.69, 9.17) is 37.0 Å². The second-order valence-corrected chi connectivity index (χ2v) is 27.7. The molecule has 0 saturated carbocycles. The number of unbranched alkanes of at least 4 members (excludes halogenated alkanes) is 28. The van der Waals surface area contributed by atoms with Crippen LogP contribution in [0.25, 0.3) is 0 Å². The van der Waals surface area contributed by atoms with Crippen LogP contribution in [-0.2, 0) is 65.4 Å². The van der Waals surface area contributed by atoms with Gasteiger partial charge in [0.05, 0.1) is 26.4 Å². The summed E-state index contributed by atoms with van der Waals surface area (Å²) < 4.78 is 68.4. The molecule has 5 unspecified atom stereocenters. The van der Waals surface area contributed by atoms with Gasteiger partial charge < -0.3 is 33.8 Å². The summed E-state index contributed by atoms with van der Waals surface area (Å²) in [5, 5.41) is 10.6. The van der Waals surface area contributed by atoms with Crippen LogP contribution in [-0.4, -0.2) is 96.7 Å². The predicted molar refractivity (Wildman–Crippen MR) is 390 cm³/mol. The van der Waals surface area contributed by atoms with Gasteiger partial charge in [0, 0.05) is 25.7 Å². The topological polar surface area (TPSA) is 237 Å². The average molecular weight is 1390 g/mol. The van der Waals surface area contributed by atoms with Gasteiger partial charge in [-0.3, -0.25) is 37.3 Å². The van der Waals surface area contributed by atoms with Gasteiger partial charge in [0.2, 0.25) is 0 Å². The summed E-state index contributed by atoms with van der Waals surface area (Å²) in [5.74, 6) is -2.21. The van der Waals surface area contributed by atoms with Gasteiger partial charge >= 0.3 is 39.5 Å². The van der Waals surface area contributed by atoms with Crippen molar-refractivity contribution >= 4 is 39.5 Å². The number of allylic oxidation sites excluding steroid dienone is 16. The quantitative estimate of drug-likeness (QED) is 0.0169. The molecule has 19 heteroatoms. The van der Waals surface area contributed by atoms with Crippen LogP contribution in [0.3, 0.4) is 0 Å². The van der Waals surface area contributed by atoms with E-state index >= 15 is 0 Å². The minimum absolute atomic E-state index is 0.0731. The third-order valence-electron chi connectivity index (χ3n) is 15.5. The van der Waals surface area contributed by atoms with E-state index in [9.17, 15) is 43.2 Å².